The molecule has 0 bridgehead atoms. The molecule has 0 unspecified atom stereocenters. The first-order valence-electron chi connectivity index (χ1n) is 5.20. The molecule has 1 aromatic rings. The number of aliphatic imine (C=N–C) groups is 1. The van der Waals surface area contributed by atoms with Crippen molar-refractivity contribution < 1.29 is 18.0 Å². The Balaban J connectivity index is 2.33. The Hall–Kier alpha value is -1.21. The van der Waals surface area contributed by atoms with E-state index < -0.39 is 11.7 Å². The van der Waals surface area contributed by atoms with Crippen molar-refractivity contribution in [1.29, 1.82) is 0 Å². The quantitative estimate of drug-likeness (QED) is 0.861. The number of nitrogens with zero attached hydrogens (tertiary/aromatic N) is 1. The summed E-state index contributed by atoms with van der Waals surface area (Å²) in [4.78, 5) is 15.2. The highest BCUT2D eigenvalue weighted by Crippen LogP contribution is 2.37. The fraction of sp³-hybridized carbons (Fsp3) is 0.273. The van der Waals surface area contributed by atoms with Gasteiger partial charge in [-0.25, -0.2) is 4.99 Å². The molecule has 1 amide bonds. The lowest BCUT2D eigenvalue weighted by molar-refractivity contribution is -0.137. The number of halogens is 4. The molecule has 0 aromatic heterocycles. The van der Waals surface area contributed by atoms with Crippen LogP contribution in [0.3, 0.4) is 0 Å². The number of thioether (sulfide) groups is 1. The van der Waals surface area contributed by atoms with E-state index in [9.17, 15) is 18.0 Å². The zero-order valence-corrected chi connectivity index (χ0v) is 11.2. The second-order valence-corrected chi connectivity index (χ2v) is 5.56. The molecular weight excluding hydrogens is 301 g/mol. The van der Waals surface area contributed by atoms with E-state index >= 15 is 0 Å². The van der Waals surface area contributed by atoms with Gasteiger partial charge in [-0.15, -0.1) is 0 Å². The lowest BCUT2D eigenvalue weighted by atomic mass is 10.2. The van der Waals surface area contributed by atoms with E-state index in [1.165, 1.54) is 6.07 Å². The lowest BCUT2D eigenvalue weighted by Crippen LogP contribution is -2.23. The van der Waals surface area contributed by atoms with Gasteiger partial charge in [-0.1, -0.05) is 23.4 Å². The smallest absolute Gasteiger partial charge is 0.304 e. The summed E-state index contributed by atoms with van der Waals surface area (Å²) in [6, 6.07) is 3.35. The first-order valence-corrected chi connectivity index (χ1v) is 6.46. The van der Waals surface area contributed by atoms with Gasteiger partial charge in [0.1, 0.15) is 0 Å². The Bertz CT molecular complexity index is 559. The van der Waals surface area contributed by atoms with E-state index in [0.717, 1.165) is 23.9 Å². The molecule has 1 N–H and O–H groups in total. The average Bonchev–Trinajstić information content (AvgIpc) is 2.59. The maximum Gasteiger partial charge on any atom is 0.417 e. The number of hydrogen-bond acceptors (Lipinski definition) is 3. The predicted octanol–water partition coefficient (Wildman–Crippen LogP) is 3.60. The highest BCUT2D eigenvalue weighted by Gasteiger charge is 2.33. The summed E-state index contributed by atoms with van der Waals surface area (Å²) in [5, 5.41) is 2.09. The molecular formula is C11H8ClF3N2OS. The number of hydrogen-bond donors (Lipinski definition) is 1. The Labute approximate surface area is 116 Å². The van der Waals surface area contributed by atoms with E-state index in [4.69, 9.17) is 11.6 Å². The largest absolute Gasteiger partial charge is 0.417 e. The van der Waals surface area contributed by atoms with Gasteiger partial charge in [-0.05, 0) is 25.1 Å². The van der Waals surface area contributed by atoms with Crippen LogP contribution in [0.4, 0.5) is 18.9 Å². The van der Waals surface area contributed by atoms with Crippen molar-refractivity contribution in [2.24, 2.45) is 4.99 Å². The number of amides is 1. The molecule has 1 aromatic carbocycles. The number of rotatable bonds is 1. The number of benzene rings is 1. The third-order valence-electron chi connectivity index (χ3n) is 2.37. The molecule has 1 aliphatic rings. The number of carbonyl (C=O) groups excluding carboxylic acids is 1. The van der Waals surface area contributed by atoms with Crippen molar-refractivity contribution in [3.8, 4) is 0 Å². The fourth-order valence-corrected chi connectivity index (χ4v) is 2.47. The molecule has 8 heteroatoms. The van der Waals surface area contributed by atoms with Crippen LogP contribution < -0.4 is 5.32 Å². The molecule has 1 fully saturated rings. The highest BCUT2D eigenvalue weighted by atomic mass is 35.5. The molecule has 3 nitrogen and oxygen atoms in total. The summed E-state index contributed by atoms with van der Waals surface area (Å²) in [7, 11) is 0. The summed E-state index contributed by atoms with van der Waals surface area (Å²) in [5.41, 5.74) is -0.855. The Kier molecular flexibility index (Phi) is 3.78. The monoisotopic (exact) mass is 308 g/mol. The van der Waals surface area contributed by atoms with E-state index in [0.29, 0.717) is 0 Å². The van der Waals surface area contributed by atoms with Crippen LogP contribution in [0.1, 0.15) is 12.5 Å². The average molecular weight is 309 g/mol. The standard InChI is InChI=1S/C11H8ClF3N2OS/c1-5-9(18)17-10(19-5)16-6-2-3-8(12)7(4-6)11(13,14)15/h2-5H,1H3,(H,16,17,18)/t5-/m1/s1. The molecule has 19 heavy (non-hydrogen) atoms. The van der Waals surface area contributed by atoms with Gasteiger partial charge in [-0.2, -0.15) is 13.2 Å². The van der Waals surface area contributed by atoms with Crippen molar-refractivity contribution >= 4 is 40.1 Å². The van der Waals surface area contributed by atoms with Crippen LogP contribution in [0.15, 0.2) is 23.2 Å². The zero-order chi connectivity index (χ0) is 14.2. The van der Waals surface area contributed by atoms with Gasteiger partial charge in [0.25, 0.3) is 0 Å². The summed E-state index contributed by atoms with van der Waals surface area (Å²) in [5.74, 6) is -0.214. The predicted molar refractivity (Wildman–Crippen MR) is 68.7 cm³/mol. The van der Waals surface area contributed by atoms with Crippen LogP contribution in [0, 0.1) is 0 Å². The third kappa shape index (κ3) is 3.22. The summed E-state index contributed by atoms with van der Waals surface area (Å²) in [6.07, 6.45) is -4.54. The topological polar surface area (TPSA) is 41.5 Å². The van der Waals surface area contributed by atoms with Crippen LogP contribution in [-0.2, 0) is 11.0 Å². The van der Waals surface area contributed by atoms with E-state index in [1.807, 2.05) is 0 Å². The minimum Gasteiger partial charge on any atom is -0.304 e. The minimum atomic E-state index is -4.54. The van der Waals surface area contributed by atoms with Crippen molar-refractivity contribution in [1.82, 2.24) is 5.32 Å². The molecule has 2 rings (SSSR count). The lowest BCUT2D eigenvalue weighted by Gasteiger charge is -2.09. The fourth-order valence-electron chi connectivity index (χ4n) is 1.43. The van der Waals surface area contributed by atoms with E-state index in [2.05, 4.69) is 10.3 Å². The van der Waals surface area contributed by atoms with Crippen LogP contribution >= 0.6 is 23.4 Å². The number of amidine groups is 1. The highest BCUT2D eigenvalue weighted by molar-refractivity contribution is 8.15. The molecule has 0 spiro atoms. The molecule has 0 radical (unpaired) electrons. The molecule has 1 atom stereocenters. The van der Waals surface area contributed by atoms with Gasteiger partial charge in [0, 0.05) is 0 Å². The van der Waals surface area contributed by atoms with Gasteiger partial charge < -0.3 is 5.32 Å². The number of nitrogens with one attached hydrogen (secondary N) is 1. The third-order valence-corrected chi connectivity index (χ3v) is 3.69. The van der Waals surface area contributed by atoms with Crippen molar-refractivity contribution in [3.05, 3.63) is 28.8 Å². The van der Waals surface area contributed by atoms with Crippen LogP contribution in [0.25, 0.3) is 0 Å². The van der Waals surface area contributed by atoms with Gasteiger partial charge in [0.2, 0.25) is 5.91 Å². The summed E-state index contributed by atoms with van der Waals surface area (Å²) in [6.45, 7) is 1.69. The Morgan fingerprint density at radius 3 is 2.63 bits per heavy atom. The normalized spacial score (nSPS) is 21.8. The second kappa shape index (κ2) is 5.05. The van der Waals surface area contributed by atoms with Crippen LogP contribution in [0.2, 0.25) is 5.02 Å². The minimum absolute atomic E-state index is 0.0913. The zero-order valence-electron chi connectivity index (χ0n) is 9.58. The molecule has 0 aliphatic carbocycles. The molecule has 0 saturated carbocycles. The van der Waals surface area contributed by atoms with E-state index in [1.54, 1.807) is 6.92 Å². The van der Waals surface area contributed by atoms with Gasteiger partial charge in [0.05, 0.1) is 21.5 Å². The Morgan fingerprint density at radius 1 is 1.42 bits per heavy atom. The van der Waals surface area contributed by atoms with Crippen LogP contribution in [0.5, 0.6) is 0 Å². The SMILES string of the molecule is C[C@H]1SC(=Nc2ccc(Cl)c(C(F)(F)F)c2)NC1=O. The summed E-state index contributed by atoms with van der Waals surface area (Å²) >= 11 is 6.66. The maximum atomic E-state index is 12.7. The number of carbonyl (C=O) groups is 1. The second-order valence-electron chi connectivity index (χ2n) is 3.83. The molecule has 102 valence electrons. The first-order chi connectivity index (χ1) is 8.77. The number of alkyl halides is 3. The van der Waals surface area contributed by atoms with Crippen LogP contribution in [-0.4, -0.2) is 16.3 Å². The Morgan fingerprint density at radius 2 is 2.11 bits per heavy atom. The first kappa shape index (κ1) is 14.2. The van der Waals surface area contributed by atoms with Gasteiger partial charge in [-0.3, -0.25) is 4.79 Å². The molecule has 1 heterocycles. The van der Waals surface area contributed by atoms with Gasteiger partial charge >= 0.3 is 6.18 Å². The summed E-state index contributed by atoms with van der Waals surface area (Å²) < 4.78 is 38.0. The maximum absolute atomic E-state index is 12.7. The molecule has 1 saturated heterocycles. The van der Waals surface area contributed by atoms with Crippen molar-refractivity contribution in [3.63, 3.8) is 0 Å². The van der Waals surface area contributed by atoms with Gasteiger partial charge in [0.15, 0.2) is 5.17 Å². The molecule has 1 aliphatic heterocycles. The van der Waals surface area contributed by atoms with Crippen molar-refractivity contribution in [2.45, 2.75) is 18.3 Å². The van der Waals surface area contributed by atoms with Crippen molar-refractivity contribution in [2.75, 3.05) is 0 Å². The van der Waals surface area contributed by atoms with E-state index in [-0.39, 0.29) is 27.0 Å².